The van der Waals surface area contributed by atoms with Crippen molar-refractivity contribution >= 4 is 6.03 Å². The maximum absolute atomic E-state index is 12.3. The van der Waals surface area contributed by atoms with Crippen molar-refractivity contribution in [1.29, 1.82) is 0 Å². The highest BCUT2D eigenvalue weighted by Gasteiger charge is 2.17. The largest absolute Gasteiger partial charge is 0.487 e. The van der Waals surface area contributed by atoms with Crippen molar-refractivity contribution in [2.75, 3.05) is 20.6 Å². The van der Waals surface area contributed by atoms with Crippen molar-refractivity contribution in [2.45, 2.75) is 32.7 Å². The van der Waals surface area contributed by atoms with Gasteiger partial charge in [0.15, 0.2) is 0 Å². The van der Waals surface area contributed by atoms with Crippen LogP contribution in [0.1, 0.15) is 23.6 Å². The van der Waals surface area contributed by atoms with Crippen molar-refractivity contribution in [3.63, 3.8) is 0 Å². The molecule has 0 aliphatic carbocycles. The van der Waals surface area contributed by atoms with Gasteiger partial charge in [0.2, 0.25) is 0 Å². The highest BCUT2D eigenvalue weighted by molar-refractivity contribution is 5.73. The molecule has 0 radical (unpaired) electrons. The zero-order valence-corrected chi connectivity index (χ0v) is 15.6. The molecule has 2 aromatic rings. The third-order valence-corrected chi connectivity index (χ3v) is 4.43. The Balaban J connectivity index is 1.47. The molecule has 26 heavy (non-hydrogen) atoms. The molecule has 2 heterocycles. The van der Waals surface area contributed by atoms with Gasteiger partial charge in [0, 0.05) is 32.9 Å². The average Bonchev–Trinajstić information content (AvgIpc) is 2.99. The molecule has 0 spiro atoms. The number of carbonyl (C=O) groups is 1. The van der Waals surface area contributed by atoms with E-state index in [2.05, 4.69) is 40.4 Å². The molecule has 1 unspecified atom stereocenters. The minimum Gasteiger partial charge on any atom is -0.487 e. The van der Waals surface area contributed by atoms with Crippen LogP contribution in [0.25, 0.3) is 0 Å². The number of nitrogens with one attached hydrogen (secondary N) is 1. The van der Waals surface area contributed by atoms with Gasteiger partial charge in [-0.3, -0.25) is 9.88 Å². The van der Waals surface area contributed by atoms with E-state index < -0.39 is 0 Å². The summed E-state index contributed by atoms with van der Waals surface area (Å²) in [6.45, 7) is 4.92. The van der Waals surface area contributed by atoms with Gasteiger partial charge in [-0.25, -0.2) is 4.79 Å². The lowest BCUT2D eigenvalue weighted by molar-refractivity contribution is 0.188. The van der Waals surface area contributed by atoms with Crippen LogP contribution >= 0.6 is 0 Å². The number of pyridine rings is 1. The Kier molecular flexibility index (Phi) is 5.73. The van der Waals surface area contributed by atoms with Crippen molar-refractivity contribution < 1.29 is 9.53 Å². The van der Waals surface area contributed by atoms with Crippen LogP contribution in [0, 0.1) is 0 Å². The molecule has 1 aliphatic heterocycles. The number of carbonyl (C=O) groups excluding carboxylic acids is 1. The number of ether oxygens (including phenoxy) is 1. The van der Waals surface area contributed by atoms with Crippen molar-refractivity contribution in [2.24, 2.45) is 0 Å². The van der Waals surface area contributed by atoms with Crippen LogP contribution in [0.15, 0.2) is 42.7 Å². The molecule has 6 heteroatoms. The molecule has 138 valence electrons. The zero-order valence-electron chi connectivity index (χ0n) is 15.6. The lowest BCUT2D eigenvalue weighted by atomic mass is 10.1. The van der Waals surface area contributed by atoms with Gasteiger partial charge in [-0.05, 0) is 42.8 Å². The second-order valence-corrected chi connectivity index (χ2v) is 6.93. The van der Waals surface area contributed by atoms with Gasteiger partial charge in [0.1, 0.15) is 11.9 Å². The summed E-state index contributed by atoms with van der Waals surface area (Å²) in [5, 5.41) is 2.92. The lowest BCUT2D eigenvalue weighted by Gasteiger charge is -2.21. The quantitative estimate of drug-likeness (QED) is 0.866. The van der Waals surface area contributed by atoms with Crippen LogP contribution in [0.3, 0.4) is 0 Å². The van der Waals surface area contributed by atoms with Crippen LogP contribution < -0.4 is 10.1 Å². The SMILES string of the molecule is CC(CNC(=O)N(C)Cc1ccc2c(c1)CN(C)C2)Oc1cccnc1. The van der Waals surface area contributed by atoms with Crippen molar-refractivity contribution in [3.05, 3.63) is 59.4 Å². The fraction of sp³-hybridized carbons (Fsp3) is 0.400. The number of hydrogen-bond donors (Lipinski definition) is 1. The Morgan fingerprint density at radius 2 is 2.15 bits per heavy atom. The number of amides is 2. The topological polar surface area (TPSA) is 57.7 Å². The molecule has 2 amide bonds. The summed E-state index contributed by atoms with van der Waals surface area (Å²) in [7, 11) is 3.93. The van der Waals surface area contributed by atoms with Gasteiger partial charge in [0.25, 0.3) is 0 Å². The van der Waals surface area contributed by atoms with Crippen LogP contribution in [0.2, 0.25) is 0 Å². The molecule has 0 fully saturated rings. The number of rotatable bonds is 6. The average molecular weight is 354 g/mol. The fourth-order valence-electron chi connectivity index (χ4n) is 3.12. The molecule has 0 saturated carbocycles. The molecule has 3 rings (SSSR count). The smallest absolute Gasteiger partial charge is 0.317 e. The molecule has 0 saturated heterocycles. The van der Waals surface area contributed by atoms with E-state index in [4.69, 9.17) is 4.74 Å². The van der Waals surface area contributed by atoms with E-state index in [1.165, 1.54) is 11.1 Å². The number of aromatic nitrogens is 1. The number of benzene rings is 1. The van der Waals surface area contributed by atoms with Crippen molar-refractivity contribution in [1.82, 2.24) is 20.1 Å². The van der Waals surface area contributed by atoms with Gasteiger partial charge >= 0.3 is 6.03 Å². The van der Waals surface area contributed by atoms with E-state index in [1.807, 2.05) is 19.1 Å². The van der Waals surface area contributed by atoms with Gasteiger partial charge in [0.05, 0.1) is 12.7 Å². The first-order valence-corrected chi connectivity index (χ1v) is 8.86. The van der Waals surface area contributed by atoms with Gasteiger partial charge in [-0.2, -0.15) is 0 Å². The Hall–Kier alpha value is -2.60. The van der Waals surface area contributed by atoms with Crippen molar-refractivity contribution in [3.8, 4) is 5.75 Å². The zero-order chi connectivity index (χ0) is 18.5. The molecule has 0 bridgehead atoms. The molecule has 1 N–H and O–H groups in total. The van der Waals surface area contributed by atoms with Crippen LogP contribution in [0.4, 0.5) is 4.79 Å². The molecule has 1 atom stereocenters. The van der Waals surface area contributed by atoms with E-state index in [0.29, 0.717) is 18.8 Å². The first-order chi connectivity index (χ1) is 12.5. The fourth-order valence-corrected chi connectivity index (χ4v) is 3.12. The second kappa shape index (κ2) is 8.19. The van der Waals surface area contributed by atoms with Crippen LogP contribution in [-0.4, -0.2) is 47.6 Å². The summed E-state index contributed by atoms with van der Waals surface area (Å²) in [5.41, 5.74) is 3.89. The van der Waals surface area contributed by atoms with Gasteiger partial charge in [-0.15, -0.1) is 0 Å². The number of urea groups is 1. The Bertz CT molecular complexity index is 751. The van der Waals surface area contributed by atoms with E-state index >= 15 is 0 Å². The van der Waals surface area contributed by atoms with E-state index in [9.17, 15) is 4.79 Å². The maximum atomic E-state index is 12.3. The Labute approximate surface area is 154 Å². The summed E-state index contributed by atoms with van der Waals surface area (Å²) in [4.78, 5) is 20.3. The molecule has 1 aliphatic rings. The highest BCUT2D eigenvalue weighted by Crippen LogP contribution is 2.22. The number of hydrogen-bond acceptors (Lipinski definition) is 4. The van der Waals surface area contributed by atoms with E-state index in [1.54, 1.807) is 24.3 Å². The third-order valence-electron chi connectivity index (χ3n) is 4.43. The molecule has 1 aromatic heterocycles. The lowest BCUT2D eigenvalue weighted by Crippen LogP contribution is -2.41. The summed E-state index contributed by atoms with van der Waals surface area (Å²) in [6, 6.07) is 10.0. The molecular weight excluding hydrogens is 328 g/mol. The van der Waals surface area contributed by atoms with Gasteiger partial charge < -0.3 is 15.0 Å². The Morgan fingerprint density at radius 3 is 2.92 bits per heavy atom. The third kappa shape index (κ3) is 4.73. The second-order valence-electron chi connectivity index (χ2n) is 6.93. The molecular formula is C20H26N4O2. The highest BCUT2D eigenvalue weighted by atomic mass is 16.5. The normalized spacial score (nSPS) is 14.6. The first-order valence-electron chi connectivity index (χ1n) is 8.86. The standard InChI is InChI=1S/C20H26N4O2/c1-15(26-19-5-4-8-21-11-19)10-22-20(25)24(3)12-16-6-7-17-13-23(2)14-18(17)9-16/h4-9,11,15H,10,12-14H2,1-3H3,(H,22,25). The minimum atomic E-state index is -0.132. The molecule has 1 aromatic carbocycles. The molecule has 6 nitrogen and oxygen atoms in total. The first kappa shape index (κ1) is 18.2. The summed E-state index contributed by atoms with van der Waals surface area (Å²) in [6.07, 6.45) is 3.23. The van der Waals surface area contributed by atoms with Gasteiger partial charge in [-0.1, -0.05) is 18.2 Å². The number of nitrogens with zero attached hydrogens (tertiary/aromatic N) is 3. The van der Waals surface area contributed by atoms with E-state index in [0.717, 1.165) is 18.7 Å². The minimum absolute atomic E-state index is 0.107. The summed E-state index contributed by atoms with van der Waals surface area (Å²) in [5.74, 6) is 0.700. The predicted molar refractivity (Wildman–Crippen MR) is 101 cm³/mol. The Morgan fingerprint density at radius 1 is 1.35 bits per heavy atom. The maximum Gasteiger partial charge on any atom is 0.317 e. The summed E-state index contributed by atoms with van der Waals surface area (Å²) >= 11 is 0. The summed E-state index contributed by atoms with van der Waals surface area (Å²) < 4.78 is 5.72. The predicted octanol–water partition coefficient (Wildman–Crippen LogP) is 2.64. The van der Waals surface area contributed by atoms with Crippen LogP contribution in [0.5, 0.6) is 5.75 Å². The monoisotopic (exact) mass is 354 g/mol. The van der Waals surface area contributed by atoms with E-state index in [-0.39, 0.29) is 12.1 Å². The van der Waals surface area contributed by atoms with Crippen LogP contribution in [-0.2, 0) is 19.6 Å². The number of fused-ring (bicyclic) bond motifs is 1.